The summed E-state index contributed by atoms with van der Waals surface area (Å²) in [5, 5.41) is 3.95. The minimum atomic E-state index is -0.514. The Morgan fingerprint density at radius 2 is 2.03 bits per heavy atom. The Bertz CT molecular complexity index is 1230. The second-order valence-corrected chi connectivity index (χ2v) is 7.09. The Morgan fingerprint density at radius 3 is 2.77 bits per heavy atom. The molecule has 8 heteroatoms. The van der Waals surface area contributed by atoms with E-state index in [9.17, 15) is 9.18 Å². The molecule has 0 fully saturated rings. The zero-order valence-electron chi connectivity index (χ0n) is 17.4. The lowest BCUT2D eigenvalue weighted by Crippen LogP contribution is -2.30. The van der Waals surface area contributed by atoms with Crippen molar-refractivity contribution in [1.82, 2.24) is 14.7 Å². The first-order valence-electron chi connectivity index (χ1n) is 9.62. The van der Waals surface area contributed by atoms with Gasteiger partial charge in [0.2, 0.25) is 11.7 Å². The molecule has 2 aromatic carbocycles. The normalized spacial score (nSPS) is 10.8. The van der Waals surface area contributed by atoms with E-state index in [2.05, 4.69) is 10.1 Å². The maximum Gasteiger partial charge on any atom is 0.274 e. The highest BCUT2D eigenvalue weighted by Crippen LogP contribution is 2.26. The SMILES string of the molecule is COc1ccc(-c2noc(-c3cccn3CC(=O)N(C)c3cccc(C)c3)n2)cc1F. The zero-order chi connectivity index (χ0) is 22.0. The molecule has 7 nitrogen and oxygen atoms in total. The number of halogens is 1. The maximum atomic E-state index is 14.0. The van der Waals surface area contributed by atoms with Crippen LogP contribution in [0.25, 0.3) is 23.0 Å². The van der Waals surface area contributed by atoms with Gasteiger partial charge in [-0.3, -0.25) is 4.79 Å². The second-order valence-electron chi connectivity index (χ2n) is 7.09. The van der Waals surface area contributed by atoms with Crippen molar-refractivity contribution < 1.29 is 18.4 Å². The van der Waals surface area contributed by atoms with E-state index in [1.54, 1.807) is 40.9 Å². The number of methoxy groups -OCH3 is 1. The lowest BCUT2D eigenvalue weighted by Gasteiger charge is -2.18. The molecule has 0 unspecified atom stereocenters. The molecular formula is C23H21FN4O3. The predicted molar refractivity (Wildman–Crippen MR) is 114 cm³/mol. The van der Waals surface area contributed by atoms with Gasteiger partial charge in [0.25, 0.3) is 5.89 Å². The van der Waals surface area contributed by atoms with Crippen molar-refractivity contribution in [2.24, 2.45) is 0 Å². The molecule has 0 N–H and O–H groups in total. The molecule has 0 atom stereocenters. The van der Waals surface area contributed by atoms with Gasteiger partial charge in [-0.1, -0.05) is 17.3 Å². The number of benzene rings is 2. The smallest absolute Gasteiger partial charge is 0.274 e. The molecule has 2 aromatic heterocycles. The van der Waals surface area contributed by atoms with Crippen LogP contribution >= 0.6 is 0 Å². The fraction of sp³-hybridized carbons (Fsp3) is 0.174. The molecule has 0 aliphatic rings. The molecule has 4 rings (SSSR count). The van der Waals surface area contributed by atoms with E-state index in [4.69, 9.17) is 9.26 Å². The molecule has 1 amide bonds. The van der Waals surface area contributed by atoms with Crippen LogP contribution in [0.3, 0.4) is 0 Å². The summed E-state index contributed by atoms with van der Waals surface area (Å²) in [6.45, 7) is 2.08. The third kappa shape index (κ3) is 4.18. The van der Waals surface area contributed by atoms with Crippen molar-refractivity contribution in [2.75, 3.05) is 19.1 Å². The molecule has 158 valence electrons. The van der Waals surface area contributed by atoms with Gasteiger partial charge in [0.15, 0.2) is 11.6 Å². The van der Waals surface area contributed by atoms with E-state index in [1.807, 2.05) is 31.2 Å². The second kappa shape index (κ2) is 8.43. The van der Waals surface area contributed by atoms with Gasteiger partial charge in [0.05, 0.1) is 7.11 Å². The number of hydrogen-bond donors (Lipinski definition) is 0. The Labute approximate surface area is 178 Å². The number of carbonyl (C=O) groups excluding carboxylic acids is 1. The third-order valence-corrected chi connectivity index (χ3v) is 4.95. The number of hydrogen-bond acceptors (Lipinski definition) is 5. The molecule has 4 aromatic rings. The van der Waals surface area contributed by atoms with E-state index in [-0.39, 0.29) is 29.9 Å². The summed E-state index contributed by atoms with van der Waals surface area (Å²) in [4.78, 5) is 18.8. The zero-order valence-corrected chi connectivity index (χ0v) is 17.4. The summed E-state index contributed by atoms with van der Waals surface area (Å²) in [5.41, 5.74) is 2.95. The molecule has 0 spiro atoms. The van der Waals surface area contributed by atoms with Gasteiger partial charge in [0.1, 0.15) is 12.2 Å². The first-order valence-corrected chi connectivity index (χ1v) is 9.62. The minimum Gasteiger partial charge on any atom is -0.494 e. The number of rotatable bonds is 6. The first-order chi connectivity index (χ1) is 15.0. The Hall–Kier alpha value is -3.94. The van der Waals surface area contributed by atoms with Crippen LogP contribution in [0.2, 0.25) is 0 Å². The number of nitrogens with zero attached hydrogens (tertiary/aromatic N) is 4. The number of ether oxygens (including phenoxy) is 1. The van der Waals surface area contributed by atoms with Crippen LogP contribution in [-0.4, -0.2) is 34.8 Å². The molecule has 31 heavy (non-hydrogen) atoms. The fourth-order valence-corrected chi connectivity index (χ4v) is 3.23. The molecule has 0 aliphatic heterocycles. The van der Waals surface area contributed by atoms with E-state index < -0.39 is 5.82 Å². The Morgan fingerprint density at radius 1 is 1.19 bits per heavy atom. The predicted octanol–water partition coefficient (Wildman–Crippen LogP) is 4.32. The summed E-state index contributed by atoms with van der Waals surface area (Å²) in [5.74, 6) is 0.00634. The van der Waals surface area contributed by atoms with Crippen molar-refractivity contribution in [3.63, 3.8) is 0 Å². The highest BCUT2D eigenvalue weighted by molar-refractivity contribution is 5.93. The summed E-state index contributed by atoms with van der Waals surface area (Å²) < 4.78 is 26.1. The van der Waals surface area contributed by atoms with Crippen molar-refractivity contribution in [3.05, 3.63) is 72.2 Å². The van der Waals surface area contributed by atoms with Crippen molar-refractivity contribution in [3.8, 4) is 28.7 Å². The van der Waals surface area contributed by atoms with Gasteiger partial charge in [-0.05, 0) is 55.0 Å². The van der Waals surface area contributed by atoms with Crippen LogP contribution in [0, 0.1) is 12.7 Å². The number of carbonyl (C=O) groups is 1. The topological polar surface area (TPSA) is 73.4 Å². The van der Waals surface area contributed by atoms with Crippen LogP contribution in [-0.2, 0) is 11.3 Å². The number of aromatic nitrogens is 3. The highest BCUT2D eigenvalue weighted by Gasteiger charge is 2.18. The largest absolute Gasteiger partial charge is 0.494 e. The van der Waals surface area contributed by atoms with Crippen molar-refractivity contribution >= 4 is 11.6 Å². The number of amides is 1. The number of aryl methyl sites for hydroxylation is 1. The van der Waals surface area contributed by atoms with E-state index in [0.717, 1.165) is 11.3 Å². The van der Waals surface area contributed by atoms with E-state index in [1.165, 1.54) is 19.2 Å². The summed E-state index contributed by atoms with van der Waals surface area (Å²) in [7, 11) is 3.14. The molecule has 0 saturated carbocycles. The van der Waals surface area contributed by atoms with Crippen LogP contribution in [0.1, 0.15) is 5.56 Å². The molecular weight excluding hydrogens is 399 g/mol. The first kappa shape index (κ1) is 20.3. The number of anilines is 1. The molecule has 0 saturated heterocycles. The fourth-order valence-electron chi connectivity index (χ4n) is 3.23. The van der Waals surface area contributed by atoms with Gasteiger partial charge in [-0.25, -0.2) is 4.39 Å². The quantitative estimate of drug-likeness (QED) is 0.464. The molecule has 0 radical (unpaired) electrons. The average Bonchev–Trinajstić information content (AvgIpc) is 3.42. The average molecular weight is 420 g/mol. The van der Waals surface area contributed by atoms with E-state index >= 15 is 0 Å². The van der Waals surface area contributed by atoms with Gasteiger partial charge in [0, 0.05) is 24.5 Å². The summed E-state index contributed by atoms with van der Waals surface area (Å²) >= 11 is 0. The van der Waals surface area contributed by atoms with Crippen LogP contribution < -0.4 is 9.64 Å². The monoisotopic (exact) mass is 420 g/mol. The Balaban J connectivity index is 1.55. The van der Waals surface area contributed by atoms with Crippen LogP contribution in [0.5, 0.6) is 5.75 Å². The lowest BCUT2D eigenvalue weighted by molar-refractivity contribution is -0.118. The standard InChI is InChI=1S/C23H21FN4O3/c1-15-6-4-7-17(12-15)27(2)21(29)14-28-11-5-8-19(28)23-25-22(26-31-23)16-9-10-20(30-3)18(24)13-16/h4-13H,14H2,1-3H3. The van der Waals surface area contributed by atoms with Gasteiger partial charge >= 0.3 is 0 Å². The van der Waals surface area contributed by atoms with E-state index in [0.29, 0.717) is 11.3 Å². The van der Waals surface area contributed by atoms with Gasteiger partial charge < -0.3 is 18.7 Å². The lowest BCUT2D eigenvalue weighted by atomic mass is 10.2. The van der Waals surface area contributed by atoms with Gasteiger partial charge in [-0.2, -0.15) is 4.98 Å². The van der Waals surface area contributed by atoms with Crippen LogP contribution in [0.15, 0.2) is 65.3 Å². The minimum absolute atomic E-state index is 0.0972. The summed E-state index contributed by atoms with van der Waals surface area (Å²) in [6.07, 6.45) is 1.77. The summed E-state index contributed by atoms with van der Waals surface area (Å²) in [6, 6.07) is 15.8. The molecule has 2 heterocycles. The van der Waals surface area contributed by atoms with Crippen molar-refractivity contribution in [2.45, 2.75) is 13.5 Å². The number of likely N-dealkylation sites (N-methyl/N-ethyl adjacent to an activating group) is 1. The maximum absolute atomic E-state index is 14.0. The van der Waals surface area contributed by atoms with Gasteiger partial charge in [-0.15, -0.1) is 0 Å². The van der Waals surface area contributed by atoms with Crippen molar-refractivity contribution in [1.29, 1.82) is 0 Å². The highest BCUT2D eigenvalue weighted by atomic mass is 19.1. The molecule has 0 bridgehead atoms. The molecule has 0 aliphatic carbocycles. The van der Waals surface area contributed by atoms with Crippen LogP contribution in [0.4, 0.5) is 10.1 Å². The third-order valence-electron chi connectivity index (χ3n) is 4.95. The Kier molecular flexibility index (Phi) is 5.53.